The molecule has 1 unspecified atom stereocenters. The lowest BCUT2D eigenvalue weighted by Crippen LogP contribution is -2.27. The predicted molar refractivity (Wildman–Crippen MR) is 87.4 cm³/mol. The maximum Gasteiger partial charge on any atom is 0.264 e. The van der Waals surface area contributed by atoms with Gasteiger partial charge in [0.2, 0.25) is 0 Å². The van der Waals surface area contributed by atoms with Crippen molar-refractivity contribution in [1.29, 1.82) is 5.26 Å². The molecule has 0 aliphatic heterocycles. The van der Waals surface area contributed by atoms with Gasteiger partial charge in [-0.2, -0.15) is 5.26 Å². The van der Waals surface area contributed by atoms with E-state index in [0.29, 0.717) is 13.2 Å². The summed E-state index contributed by atoms with van der Waals surface area (Å²) in [5.74, 6) is -0.250. The highest BCUT2D eigenvalue weighted by Crippen LogP contribution is 2.23. The van der Waals surface area contributed by atoms with Crippen molar-refractivity contribution < 1.29 is 9.53 Å². The normalized spacial score (nSPS) is 12.9. The minimum absolute atomic E-state index is 0.156. The zero-order valence-corrected chi connectivity index (χ0v) is 14.3. The molecular weight excluding hydrogens is 278 g/mol. The number of rotatable bonds is 6. The van der Waals surface area contributed by atoms with Crippen LogP contribution in [0, 0.1) is 25.2 Å². The molecule has 0 aliphatic rings. The molecule has 1 atom stereocenters. The second kappa shape index (κ2) is 7.81. The Morgan fingerprint density at radius 3 is 2.68 bits per heavy atom. The van der Waals surface area contributed by atoms with Gasteiger partial charge in [0.1, 0.15) is 11.6 Å². The van der Waals surface area contributed by atoms with Crippen LogP contribution in [0.15, 0.2) is 11.6 Å². The number of amides is 1. The van der Waals surface area contributed by atoms with E-state index in [4.69, 9.17) is 4.74 Å². The van der Waals surface area contributed by atoms with Crippen LogP contribution in [0.4, 0.5) is 0 Å². The molecule has 0 radical (unpaired) electrons. The Kier molecular flexibility index (Phi) is 6.39. The van der Waals surface area contributed by atoms with Crippen LogP contribution in [-0.4, -0.2) is 42.7 Å². The van der Waals surface area contributed by atoms with Crippen molar-refractivity contribution in [3.8, 4) is 6.07 Å². The number of nitriles is 1. The highest BCUT2D eigenvalue weighted by Gasteiger charge is 2.17. The van der Waals surface area contributed by atoms with Gasteiger partial charge in [-0.1, -0.05) is 0 Å². The molecule has 0 saturated carbocycles. The molecule has 1 aromatic heterocycles. The van der Waals surface area contributed by atoms with E-state index >= 15 is 0 Å². The van der Waals surface area contributed by atoms with Crippen molar-refractivity contribution >= 4 is 12.0 Å². The first-order valence-corrected chi connectivity index (χ1v) is 7.41. The van der Waals surface area contributed by atoms with Gasteiger partial charge in [0, 0.05) is 32.1 Å². The van der Waals surface area contributed by atoms with Gasteiger partial charge in [-0.25, -0.2) is 0 Å². The first-order chi connectivity index (χ1) is 10.4. The first-order valence-electron chi connectivity index (χ1n) is 7.41. The van der Waals surface area contributed by atoms with Crippen molar-refractivity contribution in [3.05, 3.63) is 28.6 Å². The number of hydrogen-bond donors (Lipinski definition) is 0. The Morgan fingerprint density at radius 2 is 2.18 bits per heavy atom. The van der Waals surface area contributed by atoms with Crippen molar-refractivity contribution in [2.75, 3.05) is 27.3 Å². The maximum absolute atomic E-state index is 12.2. The summed E-state index contributed by atoms with van der Waals surface area (Å²) in [7, 11) is 3.37. The van der Waals surface area contributed by atoms with Gasteiger partial charge >= 0.3 is 0 Å². The van der Waals surface area contributed by atoms with Crippen LogP contribution < -0.4 is 0 Å². The van der Waals surface area contributed by atoms with Crippen LogP contribution in [0.25, 0.3) is 6.08 Å². The average molecular weight is 303 g/mol. The SMILES string of the molecule is CCN(C)C(=O)/C(C#N)=C/c1cc(C)n(C(C)COC)c1C. The number of carbonyl (C=O) groups is 1. The number of nitrogens with zero attached hydrogens (tertiary/aromatic N) is 3. The van der Waals surface area contributed by atoms with Crippen LogP contribution in [-0.2, 0) is 9.53 Å². The van der Waals surface area contributed by atoms with Crippen molar-refractivity contribution in [1.82, 2.24) is 9.47 Å². The van der Waals surface area contributed by atoms with E-state index in [-0.39, 0.29) is 17.5 Å². The summed E-state index contributed by atoms with van der Waals surface area (Å²) in [5.41, 5.74) is 3.17. The van der Waals surface area contributed by atoms with E-state index in [0.717, 1.165) is 17.0 Å². The summed E-state index contributed by atoms with van der Waals surface area (Å²) >= 11 is 0. The number of ether oxygens (including phenoxy) is 1. The van der Waals surface area contributed by atoms with Crippen LogP contribution in [0.1, 0.15) is 36.8 Å². The molecule has 1 rings (SSSR count). The molecule has 0 saturated heterocycles. The van der Waals surface area contributed by atoms with Crippen LogP contribution in [0.5, 0.6) is 0 Å². The monoisotopic (exact) mass is 303 g/mol. The van der Waals surface area contributed by atoms with Crippen LogP contribution in [0.2, 0.25) is 0 Å². The number of aryl methyl sites for hydroxylation is 1. The van der Waals surface area contributed by atoms with Gasteiger partial charge in [-0.3, -0.25) is 4.79 Å². The largest absolute Gasteiger partial charge is 0.383 e. The Labute approximate surface area is 132 Å². The summed E-state index contributed by atoms with van der Waals surface area (Å²) < 4.78 is 7.38. The molecular formula is C17H25N3O2. The lowest BCUT2D eigenvalue weighted by molar-refractivity contribution is -0.125. The number of methoxy groups -OCH3 is 1. The predicted octanol–water partition coefficient (Wildman–Crippen LogP) is 2.70. The average Bonchev–Trinajstić information content (AvgIpc) is 2.77. The fourth-order valence-corrected chi connectivity index (χ4v) is 2.59. The highest BCUT2D eigenvalue weighted by atomic mass is 16.5. The first kappa shape index (κ1) is 18.0. The van der Waals surface area contributed by atoms with E-state index in [1.807, 2.05) is 32.9 Å². The topological polar surface area (TPSA) is 58.3 Å². The molecule has 0 aliphatic carbocycles. The van der Waals surface area contributed by atoms with Gasteiger partial charge in [-0.05, 0) is 45.4 Å². The number of carbonyl (C=O) groups excluding carboxylic acids is 1. The van der Waals surface area contributed by atoms with Crippen LogP contribution in [0.3, 0.4) is 0 Å². The summed E-state index contributed by atoms with van der Waals surface area (Å²) in [6.07, 6.45) is 1.67. The number of likely N-dealkylation sites (N-methyl/N-ethyl adjacent to an activating group) is 1. The molecule has 5 nitrogen and oxygen atoms in total. The van der Waals surface area contributed by atoms with E-state index in [1.165, 1.54) is 4.90 Å². The molecule has 1 amide bonds. The van der Waals surface area contributed by atoms with Gasteiger partial charge in [-0.15, -0.1) is 0 Å². The van der Waals surface area contributed by atoms with Crippen molar-refractivity contribution in [2.24, 2.45) is 0 Å². The Morgan fingerprint density at radius 1 is 1.55 bits per heavy atom. The molecule has 1 aromatic rings. The fourth-order valence-electron chi connectivity index (χ4n) is 2.59. The third kappa shape index (κ3) is 3.77. The van der Waals surface area contributed by atoms with Gasteiger partial charge in [0.05, 0.1) is 12.6 Å². The molecule has 0 bridgehead atoms. The third-order valence-corrected chi connectivity index (χ3v) is 3.84. The lowest BCUT2D eigenvalue weighted by Gasteiger charge is -2.17. The quantitative estimate of drug-likeness (QED) is 0.599. The highest BCUT2D eigenvalue weighted by molar-refractivity contribution is 6.01. The summed E-state index contributed by atoms with van der Waals surface area (Å²) in [4.78, 5) is 13.7. The molecule has 5 heteroatoms. The minimum atomic E-state index is -0.250. The third-order valence-electron chi connectivity index (χ3n) is 3.84. The van der Waals surface area contributed by atoms with Crippen molar-refractivity contribution in [3.63, 3.8) is 0 Å². The molecule has 120 valence electrons. The second-order valence-electron chi connectivity index (χ2n) is 5.49. The molecule has 0 fully saturated rings. The maximum atomic E-state index is 12.2. The molecule has 1 heterocycles. The van der Waals surface area contributed by atoms with E-state index < -0.39 is 0 Å². The molecule has 0 aromatic carbocycles. The molecule has 0 spiro atoms. The summed E-state index contributed by atoms with van der Waals surface area (Å²) in [6.45, 7) is 9.16. The number of aromatic nitrogens is 1. The van der Waals surface area contributed by atoms with Gasteiger partial charge < -0.3 is 14.2 Å². The van der Waals surface area contributed by atoms with Crippen LogP contribution >= 0.6 is 0 Å². The zero-order valence-electron chi connectivity index (χ0n) is 14.3. The lowest BCUT2D eigenvalue weighted by atomic mass is 10.1. The summed E-state index contributed by atoms with van der Waals surface area (Å²) in [6, 6.07) is 4.21. The van der Waals surface area contributed by atoms with E-state index in [2.05, 4.69) is 11.5 Å². The molecule has 22 heavy (non-hydrogen) atoms. The molecule has 0 N–H and O–H groups in total. The zero-order chi connectivity index (χ0) is 16.9. The van der Waals surface area contributed by atoms with E-state index in [1.54, 1.807) is 20.2 Å². The second-order valence-corrected chi connectivity index (χ2v) is 5.49. The Bertz CT molecular complexity index is 608. The fraction of sp³-hybridized carbons (Fsp3) is 0.529. The number of hydrogen-bond acceptors (Lipinski definition) is 3. The Balaban J connectivity index is 3.23. The standard InChI is InChI=1S/C17H25N3O2/c1-7-19(5)17(21)16(10-18)9-15-8-12(2)20(14(15)4)13(3)11-22-6/h8-9,13H,7,11H2,1-6H3/b16-9+. The minimum Gasteiger partial charge on any atom is -0.383 e. The van der Waals surface area contributed by atoms with E-state index in [9.17, 15) is 10.1 Å². The smallest absolute Gasteiger partial charge is 0.264 e. The summed E-state index contributed by atoms with van der Waals surface area (Å²) in [5, 5.41) is 9.27. The van der Waals surface area contributed by atoms with Gasteiger partial charge in [0.15, 0.2) is 0 Å². The Hall–Kier alpha value is -2.06. The van der Waals surface area contributed by atoms with Gasteiger partial charge in [0.25, 0.3) is 5.91 Å². The van der Waals surface area contributed by atoms with Crippen molar-refractivity contribution in [2.45, 2.75) is 33.7 Å².